The fourth-order valence-electron chi connectivity index (χ4n) is 3.02. The second-order valence-corrected chi connectivity index (χ2v) is 6.13. The van der Waals surface area contributed by atoms with E-state index in [1.54, 1.807) is 54.6 Å². The molecule has 0 saturated heterocycles. The van der Waals surface area contributed by atoms with E-state index >= 15 is 0 Å². The summed E-state index contributed by atoms with van der Waals surface area (Å²) < 4.78 is 9.61. The maximum Gasteiger partial charge on any atom is 0.339 e. The number of esters is 2. The first-order valence-corrected chi connectivity index (χ1v) is 8.65. The Labute approximate surface area is 162 Å². The van der Waals surface area contributed by atoms with E-state index in [-0.39, 0.29) is 5.78 Å². The van der Waals surface area contributed by atoms with Crippen LogP contribution >= 0.6 is 0 Å². The van der Waals surface area contributed by atoms with Crippen LogP contribution in [-0.2, 0) is 14.3 Å². The third-order valence-electron chi connectivity index (χ3n) is 4.43. The van der Waals surface area contributed by atoms with E-state index in [0.717, 1.165) is 0 Å². The van der Waals surface area contributed by atoms with Crippen LogP contribution in [0.5, 0.6) is 0 Å². The molecule has 0 fully saturated rings. The normalized spacial score (nSPS) is 17.9. The van der Waals surface area contributed by atoms with E-state index in [0.29, 0.717) is 22.5 Å². The summed E-state index contributed by atoms with van der Waals surface area (Å²) in [6.07, 6.45) is 3.19. The second kappa shape index (κ2) is 8.39. The van der Waals surface area contributed by atoms with Gasteiger partial charge in [0.05, 0.1) is 31.4 Å². The highest BCUT2D eigenvalue weighted by molar-refractivity contribution is 6.03. The Morgan fingerprint density at radius 2 is 1.32 bits per heavy atom. The van der Waals surface area contributed by atoms with Gasteiger partial charge in [-0.15, -0.1) is 0 Å². The molecule has 0 spiro atoms. The first kappa shape index (κ1) is 19.2. The van der Waals surface area contributed by atoms with Gasteiger partial charge in [-0.1, -0.05) is 30.3 Å². The fraction of sp³-hybridized carbons (Fsp3) is 0.190. The minimum atomic E-state index is -0.656. The summed E-state index contributed by atoms with van der Waals surface area (Å²) >= 11 is 0. The lowest BCUT2D eigenvalue weighted by Gasteiger charge is -2.24. The number of anilines is 2. The molecular formula is C21H20N2O5. The molecule has 28 heavy (non-hydrogen) atoms. The average Bonchev–Trinajstić information content (AvgIpc) is 3.07. The van der Waals surface area contributed by atoms with Crippen molar-refractivity contribution >= 4 is 29.1 Å². The number of benzene rings is 2. The number of nitrogens with one attached hydrogen (secondary N) is 2. The zero-order chi connectivity index (χ0) is 20.1. The van der Waals surface area contributed by atoms with Gasteiger partial charge in [-0.25, -0.2) is 9.59 Å². The highest BCUT2D eigenvalue weighted by Gasteiger charge is 2.31. The Bertz CT molecular complexity index is 938. The van der Waals surface area contributed by atoms with Crippen LogP contribution in [0, 0.1) is 0 Å². The maximum atomic E-state index is 12.4. The Hall–Kier alpha value is -3.61. The molecule has 0 heterocycles. The van der Waals surface area contributed by atoms with Gasteiger partial charge < -0.3 is 20.1 Å². The van der Waals surface area contributed by atoms with Crippen LogP contribution < -0.4 is 10.6 Å². The van der Waals surface area contributed by atoms with E-state index in [9.17, 15) is 14.4 Å². The van der Waals surface area contributed by atoms with E-state index in [4.69, 9.17) is 9.47 Å². The second-order valence-electron chi connectivity index (χ2n) is 6.13. The van der Waals surface area contributed by atoms with Gasteiger partial charge in [0.2, 0.25) is 0 Å². The summed E-state index contributed by atoms with van der Waals surface area (Å²) in [4.78, 5) is 36.4. The standard InChI is InChI=1S/C21H20N2O5/c1-27-20(25)13-7-3-5-9-15(13)22-17-11-12-18(24)19(17)23-16-10-6-4-8-14(16)21(26)28-2/h3-12,17,19,22-23H,1-2H3/t17-,19-/m1/s1. The van der Waals surface area contributed by atoms with Gasteiger partial charge >= 0.3 is 11.9 Å². The Morgan fingerprint density at radius 1 is 0.821 bits per heavy atom. The number of ether oxygens (including phenoxy) is 2. The number of para-hydroxylation sites is 2. The molecule has 2 atom stereocenters. The quantitative estimate of drug-likeness (QED) is 0.744. The summed E-state index contributed by atoms with van der Waals surface area (Å²) in [5, 5.41) is 6.32. The molecule has 2 aromatic rings. The Kier molecular flexibility index (Phi) is 5.74. The lowest BCUT2D eigenvalue weighted by atomic mass is 10.1. The van der Waals surface area contributed by atoms with Crippen molar-refractivity contribution in [2.24, 2.45) is 0 Å². The highest BCUT2D eigenvalue weighted by Crippen LogP contribution is 2.24. The number of rotatable bonds is 6. The number of hydrogen-bond donors (Lipinski definition) is 2. The van der Waals surface area contributed by atoms with Crippen molar-refractivity contribution in [2.45, 2.75) is 12.1 Å². The fourth-order valence-corrected chi connectivity index (χ4v) is 3.02. The predicted molar refractivity (Wildman–Crippen MR) is 105 cm³/mol. The topological polar surface area (TPSA) is 93.7 Å². The molecule has 1 aliphatic rings. The molecule has 7 nitrogen and oxygen atoms in total. The van der Waals surface area contributed by atoms with Gasteiger partial charge in [-0.2, -0.15) is 0 Å². The van der Waals surface area contributed by atoms with Gasteiger partial charge in [0.1, 0.15) is 6.04 Å². The minimum absolute atomic E-state index is 0.146. The smallest absolute Gasteiger partial charge is 0.339 e. The molecule has 2 aromatic carbocycles. The van der Waals surface area contributed by atoms with Gasteiger partial charge in [0, 0.05) is 11.4 Å². The van der Waals surface area contributed by atoms with E-state index in [1.165, 1.54) is 20.3 Å². The molecule has 7 heteroatoms. The van der Waals surface area contributed by atoms with Crippen molar-refractivity contribution < 1.29 is 23.9 Å². The maximum absolute atomic E-state index is 12.4. The number of carbonyl (C=O) groups is 3. The molecule has 0 aromatic heterocycles. The molecule has 0 aliphatic heterocycles. The van der Waals surface area contributed by atoms with E-state index in [2.05, 4.69) is 10.6 Å². The van der Waals surface area contributed by atoms with Crippen LogP contribution in [0.4, 0.5) is 11.4 Å². The van der Waals surface area contributed by atoms with Crippen molar-refractivity contribution in [1.82, 2.24) is 0 Å². The van der Waals surface area contributed by atoms with Crippen LogP contribution in [0.15, 0.2) is 60.7 Å². The molecule has 0 unspecified atom stereocenters. The van der Waals surface area contributed by atoms with Crippen molar-refractivity contribution in [1.29, 1.82) is 0 Å². The van der Waals surface area contributed by atoms with Crippen molar-refractivity contribution in [3.63, 3.8) is 0 Å². The Balaban J connectivity index is 1.85. The third kappa shape index (κ3) is 3.88. The summed E-state index contributed by atoms with van der Waals surface area (Å²) in [6.45, 7) is 0. The van der Waals surface area contributed by atoms with Crippen molar-refractivity contribution in [2.75, 3.05) is 24.9 Å². The molecule has 1 aliphatic carbocycles. The number of methoxy groups -OCH3 is 2. The van der Waals surface area contributed by atoms with Gasteiger partial charge in [0.15, 0.2) is 5.78 Å². The predicted octanol–water partition coefficient (Wildman–Crippen LogP) is 2.66. The van der Waals surface area contributed by atoms with Crippen LogP contribution in [0.2, 0.25) is 0 Å². The first-order valence-electron chi connectivity index (χ1n) is 8.65. The van der Waals surface area contributed by atoms with Crippen LogP contribution in [0.3, 0.4) is 0 Å². The van der Waals surface area contributed by atoms with Crippen LogP contribution in [0.1, 0.15) is 20.7 Å². The molecule has 3 rings (SSSR count). The van der Waals surface area contributed by atoms with Crippen LogP contribution in [-0.4, -0.2) is 44.0 Å². The summed E-state index contributed by atoms with van der Waals surface area (Å²) in [6, 6.07) is 12.6. The van der Waals surface area contributed by atoms with Crippen LogP contribution in [0.25, 0.3) is 0 Å². The molecule has 2 N–H and O–H groups in total. The largest absolute Gasteiger partial charge is 0.465 e. The summed E-state index contributed by atoms with van der Waals surface area (Å²) in [5.74, 6) is -1.12. The van der Waals surface area contributed by atoms with Gasteiger partial charge in [-0.05, 0) is 30.3 Å². The lowest BCUT2D eigenvalue weighted by molar-refractivity contribution is -0.114. The molecule has 144 valence electrons. The SMILES string of the molecule is COC(=O)c1ccccc1N[C@@H]1C=CC(=O)[C@@H]1Nc1ccccc1C(=O)OC. The zero-order valence-electron chi connectivity index (χ0n) is 15.5. The molecule has 0 saturated carbocycles. The van der Waals surface area contributed by atoms with Crippen molar-refractivity contribution in [3.05, 3.63) is 71.8 Å². The highest BCUT2D eigenvalue weighted by atomic mass is 16.5. The minimum Gasteiger partial charge on any atom is -0.465 e. The van der Waals surface area contributed by atoms with Gasteiger partial charge in [0.25, 0.3) is 0 Å². The number of hydrogen-bond acceptors (Lipinski definition) is 7. The Morgan fingerprint density at radius 3 is 1.86 bits per heavy atom. The zero-order valence-corrected chi connectivity index (χ0v) is 15.5. The first-order chi connectivity index (χ1) is 13.5. The summed E-state index contributed by atoms with van der Waals surface area (Å²) in [5.41, 5.74) is 1.74. The molecule has 0 amide bonds. The lowest BCUT2D eigenvalue weighted by Crippen LogP contribution is -2.40. The molecular weight excluding hydrogens is 360 g/mol. The molecule has 0 bridgehead atoms. The van der Waals surface area contributed by atoms with E-state index in [1.807, 2.05) is 0 Å². The number of ketones is 1. The monoisotopic (exact) mass is 380 g/mol. The average molecular weight is 380 g/mol. The molecule has 0 radical (unpaired) electrons. The van der Waals surface area contributed by atoms with Crippen molar-refractivity contribution in [3.8, 4) is 0 Å². The summed E-state index contributed by atoms with van der Waals surface area (Å²) in [7, 11) is 2.61. The van der Waals surface area contributed by atoms with Gasteiger partial charge in [-0.3, -0.25) is 4.79 Å². The van der Waals surface area contributed by atoms with E-state index < -0.39 is 24.0 Å². The third-order valence-corrected chi connectivity index (χ3v) is 4.43. The number of carbonyl (C=O) groups excluding carboxylic acids is 3.